The van der Waals surface area contributed by atoms with Crippen LogP contribution in [0.2, 0.25) is 0 Å². The van der Waals surface area contributed by atoms with Crippen molar-refractivity contribution in [3.05, 3.63) is 0 Å². The topological polar surface area (TPSA) is 37.4 Å². The van der Waals surface area contributed by atoms with Crippen LogP contribution in [0.5, 0.6) is 0 Å². The largest absolute Gasteiger partial charge is 1.00 e. The van der Waals surface area contributed by atoms with Crippen LogP contribution in [0.1, 0.15) is 14.3 Å². The quantitative estimate of drug-likeness (QED) is 0.261. The fourth-order valence-corrected chi connectivity index (χ4v) is 1.49. The normalized spacial score (nSPS) is 24.2. The van der Waals surface area contributed by atoms with Crippen LogP contribution in [-0.4, -0.2) is 37.1 Å². The van der Waals surface area contributed by atoms with E-state index in [2.05, 4.69) is 4.90 Å². The summed E-state index contributed by atoms with van der Waals surface area (Å²) in [5, 5.41) is 0. The Hall–Kier alpha value is 0.300. The first-order valence-electron chi connectivity index (χ1n) is 3.91. The maximum Gasteiger partial charge on any atom is 1.00 e. The van der Waals surface area contributed by atoms with Gasteiger partial charge in [-0.25, -0.2) is 0 Å². The van der Waals surface area contributed by atoms with Gasteiger partial charge in [0.05, 0.1) is 0 Å². The first-order valence-corrected chi connectivity index (χ1v) is 3.91. The Morgan fingerprint density at radius 1 is 1.67 bits per heavy atom. The fourth-order valence-electron chi connectivity index (χ4n) is 1.49. The van der Waals surface area contributed by atoms with Gasteiger partial charge >= 0.3 is 29.6 Å². The fraction of sp³-hybridized carbons (Fsp3) is 0.750. The Labute approximate surface area is 96.3 Å². The molecule has 0 aromatic heterocycles. The summed E-state index contributed by atoms with van der Waals surface area (Å²) in [5.41, 5.74) is 0. The van der Waals surface area contributed by atoms with E-state index in [1.165, 1.54) is 0 Å². The number of hydrogen-bond acceptors (Lipinski definition) is 3. The SMILES string of the molecule is CN1CCCC(C(=O)C=O)C1.[H-].[Na+]. The maximum atomic E-state index is 10.9. The number of nitrogens with zero attached hydrogens (tertiary/aromatic N) is 1. The number of likely N-dealkylation sites (tertiary alicyclic amines) is 1. The van der Waals surface area contributed by atoms with Crippen molar-refractivity contribution in [3.8, 4) is 0 Å². The van der Waals surface area contributed by atoms with Crippen molar-refractivity contribution in [3.63, 3.8) is 0 Å². The van der Waals surface area contributed by atoms with E-state index in [4.69, 9.17) is 0 Å². The van der Waals surface area contributed by atoms with Crippen molar-refractivity contribution in [2.75, 3.05) is 20.1 Å². The summed E-state index contributed by atoms with van der Waals surface area (Å²) in [5.74, 6) is -0.275. The van der Waals surface area contributed by atoms with Gasteiger partial charge < -0.3 is 6.33 Å². The van der Waals surface area contributed by atoms with Crippen LogP contribution < -0.4 is 29.6 Å². The number of piperidine rings is 1. The van der Waals surface area contributed by atoms with E-state index >= 15 is 0 Å². The summed E-state index contributed by atoms with van der Waals surface area (Å²) in [4.78, 5) is 23.2. The van der Waals surface area contributed by atoms with E-state index in [0.29, 0.717) is 6.29 Å². The predicted molar refractivity (Wildman–Crippen MR) is 42.4 cm³/mol. The van der Waals surface area contributed by atoms with Crippen LogP contribution in [0, 0.1) is 5.92 Å². The molecule has 1 atom stereocenters. The van der Waals surface area contributed by atoms with Crippen LogP contribution in [0.25, 0.3) is 0 Å². The molecule has 12 heavy (non-hydrogen) atoms. The van der Waals surface area contributed by atoms with Gasteiger partial charge in [-0.1, -0.05) is 0 Å². The second-order valence-corrected chi connectivity index (χ2v) is 3.12. The molecule has 0 bridgehead atoms. The molecule has 1 aliphatic rings. The van der Waals surface area contributed by atoms with Crippen molar-refractivity contribution in [1.29, 1.82) is 0 Å². The predicted octanol–water partition coefficient (Wildman–Crippen LogP) is -2.79. The van der Waals surface area contributed by atoms with Crippen molar-refractivity contribution >= 4 is 12.1 Å². The number of ketones is 1. The minimum atomic E-state index is -0.239. The van der Waals surface area contributed by atoms with Gasteiger partial charge in [-0.15, -0.1) is 0 Å². The average molecular weight is 179 g/mol. The number of rotatable bonds is 2. The standard InChI is InChI=1S/C8H13NO2.Na.H/c1-9-4-2-3-7(5-9)8(11)6-10;;/h6-7H,2-5H2,1H3;;/q;+1;-1. The second-order valence-electron chi connectivity index (χ2n) is 3.12. The molecule has 1 unspecified atom stereocenters. The zero-order chi connectivity index (χ0) is 8.27. The van der Waals surface area contributed by atoms with Crippen LogP contribution in [0.4, 0.5) is 0 Å². The summed E-state index contributed by atoms with van der Waals surface area (Å²) in [7, 11) is 1.98. The molecule has 0 radical (unpaired) electrons. The van der Waals surface area contributed by atoms with Gasteiger partial charge in [0.15, 0.2) is 12.1 Å². The van der Waals surface area contributed by atoms with Gasteiger partial charge in [0.2, 0.25) is 0 Å². The molecule has 1 aliphatic heterocycles. The Kier molecular flexibility index (Phi) is 6.01. The summed E-state index contributed by atoms with van der Waals surface area (Å²) < 4.78 is 0. The molecule has 4 heteroatoms. The van der Waals surface area contributed by atoms with Gasteiger partial charge in [0.25, 0.3) is 0 Å². The minimum Gasteiger partial charge on any atom is -1.00 e. The molecular formula is C8H14NNaO2. The molecule has 0 amide bonds. The van der Waals surface area contributed by atoms with E-state index in [-0.39, 0.29) is 42.7 Å². The Balaban J connectivity index is 0. The molecule has 0 aromatic carbocycles. The van der Waals surface area contributed by atoms with Crippen molar-refractivity contribution in [1.82, 2.24) is 4.90 Å². The molecule has 3 nitrogen and oxygen atoms in total. The van der Waals surface area contributed by atoms with Crippen LogP contribution in [0.3, 0.4) is 0 Å². The number of carbonyl (C=O) groups is 2. The Bertz CT molecular complexity index is 178. The first-order chi connectivity index (χ1) is 5.24. The number of carbonyl (C=O) groups excluding carboxylic acids is 2. The molecule has 1 heterocycles. The molecule has 0 aromatic rings. The smallest absolute Gasteiger partial charge is 1.00 e. The summed E-state index contributed by atoms with van der Waals surface area (Å²) in [6.45, 7) is 1.79. The van der Waals surface area contributed by atoms with E-state index < -0.39 is 0 Å². The zero-order valence-corrected chi connectivity index (χ0v) is 9.75. The monoisotopic (exact) mass is 179 g/mol. The average Bonchev–Trinajstić information content (AvgIpc) is 2.03. The van der Waals surface area contributed by atoms with Gasteiger partial charge in [0, 0.05) is 12.5 Å². The molecule has 0 spiro atoms. The van der Waals surface area contributed by atoms with E-state index in [9.17, 15) is 9.59 Å². The van der Waals surface area contributed by atoms with Gasteiger partial charge in [-0.3, -0.25) is 9.59 Å². The summed E-state index contributed by atoms with van der Waals surface area (Å²) in [6.07, 6.45) is 2.35. The molecule has 0 aliphatic carbocycles. The third kappa shape index (κ3) is 3.35. The van der Waals surface area contributed by atoms with E-state index in [1.54, 1.807) is 0 Å². The molecule has 0 saturated carbocycles. The van der Waals surface area contributed by atoms with Crippen molar-refractivity contribution in [2.45, 2.75) is 12.8 Å². The van der Waals surface area contributed by atoms with Crippen LogP contribution in [0.15, 0.2) is 0 Å². The molecule has 0 N–H and O–H groups in total. The summed E-state index contributed by atoms with van der Waals surface area (Å²) in [6, 6.07) is 0. The van der Waals surface area contributed by atoms with Gasteiger partial charge in [-0.05, 0) is 26.4 Å². The Morgan fingerprint density at radius 2 is 2.33 bits per heavy atom. The summed E-state index contributed by atoms with van der Waals surface area (Å²) >= 11 is 0. The number of aldehydes is 1. The third-order valence-corrected chi connectivity index (χ3v) is 2.14. The number of Topliss-reactive ketones (excluding diaryl/α,β-unsaturated/α-hetero) is 1. The van der Waals surface area contributed by atoms with E-state index in [0.717, 1.165) is 25.9 Å². The number of hydrogen-bond donors (Lipinski definition) is 0. The van der Waals surface area contributed by atoms with Crippen molar-refractivity contribution in [2.24, 2.45) is 5.92 Å². The molecule has 1 fully saturated rings. The first kappa shape index (κ1) is 12.3. The molecular weight excluding hydrogens is 165 g/mol. The minimum absolute atomic E-state index is 0. The van der Waals surface area contributed by atoms with Crippen LogP contribution in [-0.2, 0) is 9.59 Å². The molecule has 1 rings (SSSR count). The molecule has 1 saturated heterocycles. The van der Waals surface area contributed by atoms with Crippen molar-refractivity contribution < 1.29 is 40.6 Å². The van der Waals surface area contributed by atoms with E-state index in [1.807, 2.05) is 7.05 Å². The Morgan fingerprint density at radius 3 is 2.83 bits per heavy atom. The van der Waals surface area contributed by atoms with Gasteiger partial charge in [0.1, 0.15) is 0 Å². The zero-order valence-electron chi connectivity index (χ0n) is 8.75. The van der Waals surface area contributed by atoms with Gasteiger partial charge in [-0.2, -0.15) is 0 Å². The third-order valence-electron chi connectivity index (χ3n) is 2.14. The maximum absolute atomic E-state index is 10.9. The second kappa shape index (κ2) is 5.86. The molecule has 64 valence electrons. The van der Waals surface area contributed by atoms with Crippen LogP contribution >= 0.6 is 0 Å².